The van der Waals surface area contributed by atoms with Crippen molar-refractivity contribution in [2.45, 2.75) is 38.2 Å². The SMILES string of the molecule is COC(=O)C1C(C)=NC2=C(C(=O)C[C@@H](c3ccccc3)C2)[C@@H]1c1ccc(OCc2ccccc2)c(OC)c1. The van der Waals surface area contributed by atoms with Gasteiger partial charge in [-0.05, 0) is 48.1 Å². The summed E-state index contributed by atoms with van der Waals surface area (Å²) in [6.45, 7) is 2.23. The van der Waals surface area contributed by atoms with E-state index in [0.717, 1.165) is 22.4 Å². The number of carbonyl (C=O) groups is 2. The Labute approximate surface area is 223 Å². The van der Waals surface area contributed by atoms with E-state index in [1.165, 1.54) is 7.11 Å². The molecular formula is C32H31NO5. The van der Waals surface area contributed by atoms with Crippen molar-refractivity contribution in [2.75, 3.05) is 14.2 Å². The van der Waals surface area contributed by atoms with Gasteiger partial charge < -0.3 is 14.2 Å². The highest BCUT2D eigenvalue weighted by Gasteiger charge is 2.44. The van der Waals surface area contributed by atoms with E-state index < -0.39 is 17.8 Å². The van der Waals surface area contributed by atoms with Crippen LogP contribution in [0.1, 0.15) is 48.3 Å². The van der Waals surface area contributed by atoms with Crippen molar-refractivity contribution < 1.29 is 23.8 Å². The minimum Gasteiger partial charge on any atom is -0.493 e. The summed E-state index contributed by atoms with van der Waals surface area (Å²) in [6.07, 6.45) is 1.01. The molecule has 0 bridgehead atoms. The van der Waals surface area contributed by atoms with E-state index in [0.29, 0.717) is 42.2 Å². The number of carbonyl (C=O) groups excluding carboxylic acids is 2. The molecular weight excluding hydrogens is 478 g/mol. The minimum atomic E-state index is -0.697. The highest BCUT2D eigenvalue weighted by Crippen LogP contribution is 2.48. The molecule has 0 spiro atoms. The molecule has 0 amide bonds. The van der Waals surface area contributed by atoms with Crippen molar-refractivity contribution in [1.82, 2.24) is 0 Å². The molecule has 0 aromatic heterocycles. The van der Waals surface area contributed by atoms with E-state index >= 15 is 0 Å². The minimum absolute atomic E-state index is 0.0126. The Bertz CT molecular complexity index is 1390. The van der Waals surface area contributed by atoms with Gasteiger partial charge in [0.05, 0.1) is 14.2 Å². The third kappa shape index (κ3) is 4.99. The molecule has 3 aromatic rings. The van der Waals surface area contributed by atoms with Crippen molar-refractivity contribution in [3.63, 3.8) is 0 Å². The molecule has 0 radical (unpaired) electrons. The molecule has 1 heterocycles. The van der Waals surface area contributed by atoms with E-state index in [2.05, 4.69) is 12.1 Å². The number of hydrogen-bond donors (Lipinski definition) is 0. The van der Waals surface area contributed by atoms with Gasteiger partial charge in [-0.15, -0.1) is 0 Å². The van der Waals surface area contributed by atoms with Crippen LogP contribution in [0, 0.1) is 5.92 Å². The second-order valence-electron chi connectivity index (χ2n) is 9.72. The second-order valence-corrected chi connectivity index (χ2v) is 9.72. The van der Waals surface area contributed by atoms with E-state index in [1.807, 2.05) is 73.7 Å². The van der Waals surface area contributed by atoms with Crippen molar-refractivity contribution in [2.24, 2.45) is 10.9 Å². The maximum Gasteiger partial charge on any atom is 0.315 e. The van der Waals surface area contributed by atoms with Gasteiger partial charge in [-0.1, -0.05) is 66.7 Å². The number of ether oxygens (including phenoxy) is 3. The zero-order valence-corrected chi connectivity index (χ0v) is 21.8. The van der Waals surface area contributed by atoms with Gasteiger partial charge in [-0.2, -0.15) is 0 Å². The number of nitrogens with zero attached hydrogens (tertiary/aromatic N) is 1. The Kier molecular flexibility index (Phi) is 7.40. The normalized spacial score (nSPS) is 20.9. The Balaban J connectivity index is 1.52. The molecule has 38 heavy (non-hydrogen) atoms. The van der Waals surface area contributed by atoms with Crippen LogP contribution in [0.3, 0.4) is 0 Å². The lowest BCUT2D eigenvalue weighted by Crippen LogP contribution is -2.37. The molecule has 0 N–H and O–H groups in total. The molecule has 2 aliphatic rings. The number of benzene rings is 3. The zero-order chi connectivity index (χ0) is 26.6. The molecule has 6 nitrogen and oxygen atoms in total. The highest BCUT2D eigenvalue weighted by atomic mass is 16.5. The van der Waals surface area contributed by atoms with Crippen molar-refractivity contribution in [3.05, 3.63) is 107 Å². The van der Waals surface area contributed by atoms with Crippen LogP contribution in [0.2, 0.25) is 0 Å². The molecule has 1 unspecified atom stereocenters. The van der Waals surface area contributed by atoms with Crippen LogP contribution in [0.25, 0.3) is 0 Å². The number of methoxy groups -OCH3 is 2. The quantitative estimate of drug-likeness (QED) is 0.364. The first-order chi connectivity index (χ1) is 18.5. The number of ketones is 1. The smallest absolute Gasteiger partial charge is 0.315 e. The Morgan fingerprint density at radius 3 is 2.29 bits per heavy atom. The molecule has 1 aliphatic carbocycles. The molecule has 0 saturated heterocycles. The van der Waals surface area contributed by atoms with Crippen LogP contribution < -0.4 is 9.47 Å². The first kappa shape index (κ1) is 25.5. The number of allylic oxidation sites excluding steroid dienone is 2. The molecule has 3 atom stereocenters. The van der Waals surface area contributed by atoms with Gasteiger partial charge in [-0.3, -0.25) is 14.6 Å². The molecule has 0 fully saturated rings. The van der Waals surface area contributed by atoms with Gasteiger partial charge in [0.15, 0.2) is 17.3 Å². The summed E-state index contributed by atoms with van der Waals surface area (Å²) in [4.78, 5) is 31.5. The lowest BCUT2D eigenvalue weighted by Gasteiger charge is -2.36. The van der Waals surface area contributed by atoms with Gasteiger partial charge in [0.1, 0.15) is 12.5 Å². The number of rotatable bonds is 7. The van der Waals surface area contributed by atoms with Gasteiger partial charge in [0, 0.05) is 29.3 Å². The van der Waals surface area contributed by atoms with Gasteiger partial charge in [0.2, 0.25) is 0 Å². The summed E-state index contributed by atoms with van der Waals surface area (Å²) in [6, 6.07) is 25.6. The van der Waals surface area contributed by atoms with Gasteiger partial charge >= 0.3 is 5.97 Å². The lowest BCUT2D eigenvalue weighted by atomic mass is 9.69. The Hall–Kier alpha value is -4.19. The summed E-state index contributed by atoms with van der Waals surface area (Å²) < 4.78 is 16.9. The van der Waals surface area contributed by atoms with Crippen molar-refractivity contribution in [3.8, 4) is 11.5 Å². The monoisotopic (exact) mass is 509 g/mol. The average Bonchev–Trinajstić information content (AvgIpc) is 2.95. The largest absolute Gasteiger partial charge is 0.493 e. The standard InChI is InChI=1S/C32H31NO5/c1-20-29(32(35)37-3)30(31-25(33-20)16-24(17-26(31)34)22-12-8-5-9-13-22)23-14-15-27(28(18-23)36-2)38-19-21-10-6-4-7-11-21/h4-15,18,24,29-30H,16-17,19H2,1-3H3/t24-,29?,30+/m0/s1. The maximum atomic E-state index is 13.7. The fourth-order valence-electron chi connectivity index (χ4n) is 5.55. The van der Waals surface area contributed by atoms with E-state index in [9.17, 15) is 9.59 Å². The van der Waals surface area contributed by atoms with E-state index in [4.69, 9.17) is 19.2 Å². The lowest BCUT2D eigenvalue weighted by molar-refractivity contribution is -0.143. The predicted molar refractivity (Wildman–Crippen MR) is 146 cm³/mol. The van der Waals surface area contributed by atoms with Crippen LogP contribution in [0.15, 0.2) is 95.1 Å². The first-order valence-corrected chi connectivity index (χ1v) is 12.8. The summed E-state index contributed by atoms with van der Waals surface area (Å²) in [5.41, 5.74) is 4.94. The average molecular weight is 510 g/mol. The molecule has 194 valence electrons. The predicted octanol–water partition coefficient (Wildman–Crippen LogP) is 6.02. The number of hydrogen-bond acceptors (Lipinski definition) is 6. The maximum absolute atomic E-state index is 13.7. The summed E-state index contributed by atoms with van der Waals surface area (Å²) >= 11 is 0. The van der Waals surface area contributed by atoms with E-state index in [-0.39, 0.29) is 11.7 Å². The van der Waals surface area contributed by atoms with Crippen LogP contribution in [-0.2, 0) is 20.9 Å². The Morgan fingerprint density at radius 2 is 1.61 bits per heavy atom. The number of aliphatic imine (C=N–C) groups is 1. The summed E-state index contributed by atoms with van der Waals surface area (Å²) in [5, 5.41) is 0. The number of Topliss-reactive ketones (excluding diaryl/α,β-unsaturated/α-hetero) is 1. The fraction of sp³-hybridized carbons (Fsp3) is 0.281. The van der Waals surface area contributed by atoms with Gasteiger partial charge in [0.25, 0.3) is 0 Å². The van der Waals surface area contributed by atoms with Crippen LogP contribution >= 0.6 is 0 Å². The Morgan fingerprint density at radius 1 is 0.895 bits per heavy atom. The van der Waals surface area contributed by atoms with Gasteiger partial charge in [-0.25, -0.2) is 0 Å². The first-order valence-electron chi connectivity index (χ1n) is 12.8. The third-order valence-electron chi connectivity index (χ3n) is 7.40. The summed E-state index contributed by atoms with van der Waals surface area (Å²) in [7, 11) is 2.95. The van der Waals surface area contributed by atoms with Crippen LogP contribution in [-0.4, -0.2) is 31.7 Å². The topological polar surface area (TPSA) is 74.2 Å². The molecule has 3 aromatic carbocycles. The van der Waals surface area contributed by atoms with Crippen LogP contribution in [0.5, 0.6) is 11.5 Å². The third-order valence-corrected chi connectivity index (χ3v) is 7.40. The van der Waals surface area contributed by atoms with Crippen LogP contribution in [0.4, 0.5) is 0 Å². The zero-order valence-electron chi connectivity index (χ0n) is 21.8. The van der Waals surface area contributed by atoms with Crippen molar-refractivity contribution in [1.29, 1.82) is 0 Å². The number of esters is 1. The molecule has 1 aliphatic heterocycles. The molecule has 6 heteroatoms. The molecule has 5 rings (SSSR count). The van der Waals surface area contributed by atoms with Crippen molar-refractivity contribution >= 4 is 17.5 Å². The molecule has 0 saturated carbocycles. The second kappa shape index (κ2) is 11.1. The summed E-state index contributed by atoms with van der Waals surface area (Å²) in [5.74, 6) is -0.438. The highest BCUT2D eigenvalue weighted by molar-refractivity contribution is 6.09. The fourth-order valence-corrected chi connectivity index (χ4v) is 5.55. The van der Waals surface area contributed by atoms with E-state index in [1.54, 1.807) is 7.11 Å².